The molecule has 2 N–H and O–H groups in total. The fourth-order valence-corrected chi connectivity index (χ4v) is 3.70. The van der Waals surface area contributed by atoms with Crippen molar-refractivity contribution in [3.8, 4) is 0 Å². The van der Waals surface area contributed by atoms with Gasteiger partial charge in [-0.3, -0.25) is 4.90 Å². The van der Waals surface area contributed by atoms with Gasteiger partial charge >= 0.3 is 0 Å². The molecular formula is C12H26N2S. The first kappa shape index (κ1) is 13.3. The van der Waals surface area contributed by atoms with Gasteiger partial charge in [0.2, 0.25) is 0 Å². The van der Waals surface area contributed by atoms with Crippen molar-refractivity contribution in [2.75, 3.05) is 24.6 Å². The second-order valence-electron chi connectivity index (χ2n) is 4.54. The van der Waals surface area contributed by atoms with Gasteiger partial charge in [0.15, 0.2) is 0 Å². The zero-order valence-electron chi connectivity index (χ0n) is 10.4. The predicted molar refractivity (Wildman–Crippen MR) is 70.4 cm³/mol. The Kier molecular flexibility index (Phi) is 6.02. The second-order valence-corrected chi connectivity index (χ2v) is 5.69. The van der Waals surface area contributed by atoms with Gasteiger partial charge in [-0.15, -0.1) is 0 Å². The van der Waals surface area contributed by atoms with Crippen LogP contribution in [0.3, 0.4) is 0 Å². The van der Waals surface area contributed by atoms with Gasteiger partial charge in [-0.25, -0.2) is 0 Å². The van der Waals surface area contributed by atoms with E-state index in [1.54, 1.807) is 0 Å². The fraction of sp³-hybridized carbons (Fsp3) is 1.00. The van der Waals surface area contributed by atoms with Gasteiger partial charge in [0.1, 0.15) is 0 Å². The molecule has 2 atom stereocenters. The third kappa shape index (κ3) is 3.36. The van der Waals surface area contributed by atoms with E-state index in [0.29, 0.717) is 12.1 Å². The Morgan fingerprint density at radius 1 is 1.40 bits per heavy atom. The lowest BCUT2D eigenvalue weighted by atomic mass is 9.92. The van der Waals surface area contributed by atoms with Crippen LogP contribution in [0.4, 0.5) is 0 Å². The van der Waals surface area contributed by atoms with Crippen LogP contribution < -0.4 is 5.73 Å². The Bertz CT molecular complexity index is 171. The summed E-state index contributed by atoms with van der Waals surface area (Å²) in [6.45, 7) is 8.98. The molecule has 0 bridgehead atoms. The van der Waals surface area contributed by atoms with Gasteiger partial charge in [-0.1, -0.05) is 26.7 Å². The summed E-state index contributed by atoms with van der Waals surface area (Å²) < 4.78 is 0. The highest BCUT2D eigenvalue weighted by Gasteiger charge is 2.29. The predicted octanol–water partition coefficient (Wildman–Crippen LogP) is 2.19. The SMILES string of the molecule is CCC(CC)C(CN)N1CCSCC1C. The normalized spacial score (nSPS) is 25.8. The van der Waals surface area contributed by atoms with E-state index in [2.05, 4.69) is 37.4 Å². The Morgan fingerprint density at radius 2 is 2.07 bits per heavy atom. The molecule has 1 fully saturated rings. The highest BCUT2D eigenvalue weighted by molar-refractivity contribution is 7.99. The molecule has 90 valence electrons. The largest absolute Gasteiger partial charge is 0.329 e. The number of rotatable bonds is 5. The van der Waals surface area contributed by atoms with Crippen LogP contribution in [0.25, 0.3) is 0 Å². The molecule has 0 saturated carbocycles. The van der Waals surface area contributed by atoms with E-state index in [1.807, 2.05) is 0 Å². The molecule has 1 aliphatic heterocycles. The molecule has 2 unspecified atom stereocenters. The van der Waals surface area contributed by atoms with E-state index in [4.69, 9.17) is 5.73 Å². The lowest BCUT2D eigenvalue weighted by Gasteiger charge is -2.42. The zero-order chi connectivity index (χ0) is 11.3. The molecule has 3 heteroatoms. The van der Waals surface area contributed by atoms with Crippen molar-refractivity contribution in [3.63, 3.8) is 0 Å². The van der Waals surface area contributed by atoms with Crippen molar-refractivity contribution in [1.82, 2.24) is 4.90 Å². The second kappa shape index (κ2) is 6.77. The van der Waals surface area contributed by atoms with Gasteiger partial charge in [0.05, 0.1) is 0 Å². The van der Waals surface area contributed by atoms with Gasteiger partial charge < -0.3 is 5.73 Å². The van der Waals surface area contributed by atoms with Crippen LogP contribution in [0.2, 0.25) is 0 Å². The molecule has 0 amide bonds. The summed E-state index contributed by atoms with van der Waals surface area (Å²) in [4.78, 5) is 2.65. The van der Waals surface area contributed by atoms with Gasteiger partial charge in [0, 0.05) is 36.7 Å². The first-order chi connectivity index (χ1) is 7.24. The molecule has 0 aromatic carbocycles. The van der Waals surface area contributed by atoms with E-state index in [9.17, 15) is 0 Å². The smallest absolute Gasteiger partial charge is 0.0249 e. The Hall–Kier alpha value is 0.270. The van der Waals surface area contributed by atoms with E-state index in [0.717, 1.165) is 12.5 Å². The van der Waals surface area contributed by atoms with E-state index in [1.165, 1.54) is 30.9 Å². The maximum absolute atomic E-state index is 5.97. The van der Waals surface area contributed by atoms with Crippen LogP contribution >= 0.6 is 11.8 Å². The minimum absolute atomic E-state index is 0.607. The summed E-state index contributed by atoms with van der Waals surface area (Å²) in [7, 11) is 0. The third-order valence-corrected chi connectivity index (χ3v) is 4.87. The standard InChI is InChI=1S/C12H26N2S/c1-4-11(5-2)12(8-13)14-6-7-15-9-10(14)3/h10-12H,4-9,13H2,1-3H3. The number of thioether (sulfide) groups is 1. The van der Waals surface area contributed by atoms with Crippen molar-refractivity contribution < 1.29 is 0 Å². The van der Waals surface area contributed by atoms with Crippen molar-refractivity contribution in [2.45, 2.75) is 45.7 Å². The Morgan fingerprint density at radius 3 is 2.53 bits per heavy atom. The first-order valence-electron chi connectivity index (χ1n) is 6.28. The highest BCUT2D eigenvalue weighted by atomic mass is 32.2. The molecule has 1 heterocycles. The van der Waals surface area contributed by atoms with Crippen molar-refractivity contribution in [2.24, 2.45) is 11.7 Å². The molecule has 0 radical (unpaired) electrons. The fourth-order valence-electron chi connectivity index (χ4n) is 2.66. The summed E-state index contributed by atoms with van der Waals surface area (Å²) in [5.41, 5.74) is 5.97. The van der Waals surface area contributed by atoms with Crippen LogP contribution in [-0.4, -0.2) is 41.6 Å². The molecular weight excluding hydrogens is 204 g/mol. The third-order valence-electron chi connectivity index (χ3n) is 3.68. The number of nitrogens with zero attached hydrogens (tertiary/aromatic N) is 1. The number of hydrogen-bond donors (Lipinski definition) is 1. The maximum atomic E-state index is 5.97. The number of hydrogen-bond acceptors (Lipinski definition) is 3. The molecule has 0 spiro atoms. The van der Waals surface area contributed by atoms with Crippen molar-refractivity contribution in [1.29, 1.82) is 0 Å². The van der Waals surface area contributed by atoms with Crippen LogP contribution in [0, 0.1) is 5.92 Å². The summed E-state index contributed by atoms with van der Waals surface area (Å²) in [5.74, 6) is 3.33. The summed E-state index contributed by atoms with van der Waals surface area (Å²) >= 11 is 2.08. The van der Waals surface area contributed by atoms with Gasteiger partial charge in [-0.05, 0) is 12.8 Å². The average molecular weight is 230 g/mol. The van der Waals surface area contributed by atoms with E-state index < -0.39 is 0 Å². The summed E-state index contributed by atoms with van der Waals surface area (Å²) in [6, 6.07) is 1.31. The van der Waals surface area contributed by atoms with E-state index in [-0.39, 0.29) is 0 Å². The Balaban J connectivity index is 2.62. The molecule has 15 heavy (non-hydrogen) atoms. The van der Waals surface area contributed by atoms with Crippen LogP contribution in [0.15, 0.2) is 0 Å². The van der Waals surface area contributed by atoms with Gasteiger partial charge in [-0.2, -0.15) is 11.8 Å². The minimum Gasteiger partial charge on any atom is -0.329 e. The van der Waals surface area contributed by atoms with Crippen molar-refractivity contribution in [3.05, 3.63) is 0 Å². The lowest BCUT2D eigenvalue weighted by Crippen LogP contribution is -2.53. The zero-order valence-corrected chi connectivity index (χ0v) is 11.2. The van der Waals surface area contributed by atoms with Crippen LogP contribution in [0.5, 0.6) is 0 Å². The molecule has 2 nitrogen and oxygen atoms in total. The van der Waals surface area contributed by atoms with E-state index >= 15 is 0 Å². The maximum Gasteiger partial charge on any atom is 0.0249 e. The van der Waals surface area contributed by atoms with Crippen LogP contribution in [0.1, 0.15) is 33.6 Å². The van der Waals surface area contributed by atoms with Gasteiger partial charge in [0.25, 0.3) is 0 Å². The van der Waals surface area contributed by atoms with Crippen molar-refractivity contribution >= 4 is 11.8 Å². The molecule has 1 saturated heterocycles. The molecule has 1 rings (SSSR count). The lowest BCUT2D eigenvalue weighted by molar-refractivity contribution is 0.112. The molecule has 0 aromatic heterocycles. The first-order valence-corrected chi connectivity index (χ1v) is 7.43. The number of nitrogens with two attached hydrogens (primary N) is 1. The molecule has 0 aromatic rings. The average Bonchev–Trinajstić information content (AvgIpc) is 2.27. The van der Waals surface area contributed by atoms with Crippen LogP contribution in [-0.2, 0) is 0 Å². The Labute approximate surface area is 99.0 Å². The highest BCUT2D eigenvalue weighted by Crippen LogP contribution is 2.24. The summed E-state index contributed by atoms with van der Waals surface area (Å²) in [6.07, 6.45) is 2.52. The monoisotopic (exact) mass is 230 g/mol. The molecule has 1 aliphatic rings. The minimum atomic E-state index is 0.607. The summed E-state index contributed by atoms with van der Waals surface area (Å²) in [5, 5.41) is 0. The topological polar surface area (TPSA) is 29.3 Å². The quantitative estimate of drug-likeness (QED) is 0.785. The molecule has 0 aliphatic carbocycles.